The Morgan fingerprint density at radius 3 is 2.29 bits per heavy atom. The van der Waals surface area contributed by atoms with Gasteiger partial charge in [-0.25, -0.2) is 4.79 Å². The number of amides is 2. The van der Waals surface area contributed by atoms with Gasteiger partial charge in [0.2, 0.25) is 5.75 Å². The summed E-state index contributed by atoms with van der Waals surface area (Å²) in [7, 11) is 4.51. The van der Waals surface area contributed by atoms with Crippen molar-refractivity contribution in [2.75, 3.05) is 39.8 Å². The Morgan fingerprint density at radius 2 is 1.68 bits per heavy atom. The second-order valence-corrected chi connectivity index (χ2v) is 5.70. The van der Waals surface area contributed by atoms with Crippen molar-refractivity contribution < 1.29 is 23.7 Å². The van der Waals surface area contributed by atoms with Crippen LogP contribution in [0.3, 0.4) is 0 Å². The average molecular weight is 405 g/mol. The molecule has 2 aromatic carbocycles. The number of carbonyl (C=O) groups excluding carboxylic acids is 1. The van der Waals surface area contributed by atoms with E-state index in [9.17, 15) is 4.79 Å². The molecular formula is C20H21ClN2O5. The van der Waals surface area contributed by atoms with E-state index >= 15 is 0 Å². The maximum absolute atomic E-state index is 12.0. The predicted molar refractivity (Wildman–Crippen MR) is 108 cm³/mol. The average Bonchev–Trinajstić information content (AvgIpc) is 2.70. The van der Waals surface area contributed by atoms with E-state index in [1.165, 1.54) is 21.3 Å². The summed E-state index contributed by atoms with van der Waals surface area (Å²) >= 11 is 5.98. The van der Waals surface area contributed by atoms with Gasteiger partial charge in [0.15, 0.2) is 11.5 Å². The first-order valence-electron chi connectivity index (χ1n) is 8.27. The van der Waals surface area contributed by atoms with Gasteiger partial charge in [0.05, 0.1) is 38.6 Å². The number of halogens is 1. The molecule has 28 heavy (non-hydrogen) atoms. The molecule has 0 bridgehead atoms. The Balaban J connectivity index is 1.84. The molecular weight excluding hydrogens is 384 g/mol. The first-order chi connectivity index (χ1) is 13.6. The Morgan fingerprint density at radius 1 is 1.00 bits per heavy atom. The molecule has 0 aliphatic rings. The van der Waals surface area contributed by atoms with Crippen LogP contribution in [0.4, 0.5) is 10.5 Å². The van der Waals surface area contributed by atoms with E-state index in [4.69, 9.17) is 30.5 Å². The van der Waals surface area contributed by atoms with E-state index in [2.05, 4.69) is 22.5 Å². The van der Waals surface area contributed by atoms with Gasteiger partial charge in [-0.15, -0.1) is 0 Å². The summed E-state index contributed by atoms with van der Waals surface area (Å²) in [6, 6.07) is 9.97. The van der Waals surface area contributed by atoms with E-state index in [1.807, 2.05) is 12.1 Å². The highest BCUT2D eigenvalue weighted by Gasteiger charge is 2.14. The summed E-state index contributed by atoms with van der Waals surface area (Å²) in [5.74, 6) is 7.48. The number of methoxy groups -OCH3 is 3. The van der Waals surface area contributed by atoms with Crippen molar-refractivity contribution in [3.05, 3.63) is 41.4 Å². The molecule has 148 valence electrons. The van der Waals surface area contributed by atoms with Crippen molar-refractivity contribution in [1.82, 2.24) is 5.32 Å². The van der Waals surface area contributed by atoms with Crippen LogP contribution in [0.1, 0.15) is 0 Å². The number of urea groups is 1. The number of ether oxygens (including phenoxy) is 4. The maximum atomic E-state index is 12.0. The third-order valence-corrected chi connectivity index (χ3v) is 3.83. The lowest BCUT2D eigenvalue weighted by molar-refractivity contribution is 0.253. The number of hydrogen-bond acceptors (Lipinski definition) is 5. The highest BCUT2D eigenvalue weighted by atomic mass is 35.5. The molecule has 2 N–H and O–H groups in total. The highest BCUT2D eigenvalue weighted by molar-refractivity contribution is 6.32. The number of rotatable bonds is 7. The Hall–Kier alpha value is -3.24. The van der Waals surface area contributed by atoms with E-state index < -0.39 is 6.03 Å². The van der Waals surface area contributed by atoms with E-state index in [0.717, 1.165) is 0 Å². The molecule has 0 aliphatic heterocycles. The van der Waals surface area contributed by atoms with Crippen LogP contribution in [0.2, 0.25) is 5.02 Å². The van der Waals surface area contributed by atoms with Crippen LogP contribution in [-0.4, -0.2) is 40.5 Å². The second kappa shape index (κ2) is 10.8. The van der Waals surface area contributed by atoms with Crippen molar-refractivity contribution in [2.45, 2.75) is 0 Å². The smallest absolute Gasteiger partial charge is 0.319 e. The van der Waals surface area contributed by atoms with Crippen LogP contribution in [0.15, 0.2) is 36.4 Å². The Bertz CT molecular complexity index is 851. The lowest BCUT2D eigenvalue weighted by Crippen LogP contribution is -2.29. The van der Waals surface area contributed by atoms with Crippen LogP contribution < -0.4 is 29.6 Å². The molecule has 2 amide bonds. The van der Waals surface area contributed by atoms with Crippen LogP contribution in [0.25, 0.3) is 0 Å². The fraction of sp³-hybridized carbons (Fsp3) is 0.250. The van der Waals surface area contributed by atoms with Gasteiger partial charge in [0, 0.05) is 12.1 Å². The molecule has 0 heterocycles. The van der Waals surface area contributed by atoms with Gasteiger partial charge in [-0.1, -0.05) is 35.6 Å². The molecule has 0 fully saturated rings. The molecule has 2 aromatic rings. The summed E-state index contributed by atoms with van der Waals surface area (Å²) in [6.07, 6.45) is 0. The van der Waals surface area contributed by atoms with E-state index in [0.29, 0.717) is 33.7 Å². The summed E-state index contributed by atoms with van der Waals surface area (Å²) in [4.78, 5) is 12.0. The van der Waals surface area contributed by atoms with Gasteiger partial charge < -0.3 is 29.6 Å². The van der Waals surface area contributed by atoms with Crippen molar-refractivity contribution in [1.29, 1.82) is 0 Å². The van der Waals surface area contributed by atoms with E-state index in [-0.39, 0.29) is 13.2 Å². The van der Waals surface area contributed by atoms with Crippen molar-refractivity contribution >= 4 is 23.3 Å². The first kappa shape index (κ1) is 21.1. The molecule has 0 saturated heterocycles. The van der Waals surface area contributed by atoms with Crippen molar-refractivity contribution in [3.63, 3.8) is 0 Å². The van der Waals surface area contributed by atoms with Gasteiger partial charge in [0.25, 0.3) is 0 Å². The van der Waals surface area contributed by atoms with Gasteiger partial charge in [-0.05, 0) is 12.1 Å². The van der Waals surface area contributed by atoms with Gasteiger partial charge in [-0.3, -0.25) is 0 Å². The van der Waals surface area contributed by atoms with Gasteiger partial charge in [0.1, 0.15) is 12.4 Å². The first-order valence-corrected chi connectivity index (χ1v) is 8.64. The van der Waals surface area contributed by atoms with Gasteiger partial charge in [-0.2, -0.15) is 0 Å². The number of hydrogen-bond donors (Lipinski definition) is 2. The molecule has 0 atom stereocenters. The Labute approximate surface area is 168 Å². The van der Waals surface area contributed by atoms with Gasteiger partial charge >= 0.3 is 6.03 Å². The molecule has 2 rings (SSSR count). The van der Waals surface area contributed by atoms with Crippen LogP contribution >= 0.6 is 11.6 Å². The molecule has 0 aromatic heterocycles. The standard InChI is InChI=1S/C20H21ClN2O5/c1-25-17-12-14(13-18(26-2)19(17)27-3)23-20(24)22-10-6-7-11-28-16-9-5-4-8-15(16)21/h4-5,8-9,12-13H,10-11H2,1-3H3,(H2,22,23,24). The minimum Gasteiger partial charge on any atom is -0.493 e. The lowest BCUT2D eigenvalue weighted by Gasteiger charge is -2.14. The zero-order valence-electron chi connectivity index (χ0n) is 15.8. The SMILES string of the molecule is COc1cc(NC(=O)NCC#CCOc2ccccc2Cl)cc(OC)c1OC. The molecule has 8 heteroatoms. The fourth-order valence-electron chi connectivity index (χ4n) is 2.24. The van der Waals surface area contributed by atoms with Crippen molar-refractivity contribution in [3.8, 4) is 34.8 Å². The minimum absolute atomic E-state index is 0.155. The number of anilines is 1. The molecule has 0 saturated carbocycles. The zero-order valence-corrected chi connectivity index (χ0v) is 16.6. The predicted octanol–water partition coefficient (Wildman–Crippen LogP) is 3.57. The quantitative estimate of drug-likeness (QED) is 0.690. The minimum atomic E-state index is -0.421. The van der Waals surface area contributed by atoms with Crippen LogP contribution in [0, 0.1) is 11.8 Å². The number of benzene rings is 2. The lowest BCUT2D eigenvalue weighted by atomic mass is 10.2. The monoisotopic (exact) mass is 404 g/mol. The zero-order chi connectivity index (χ0) is 20.4. The summed E-state index contributed by atoms with van der Waals surface area (Å²) in [5, 5.41) is 5.83. The highest BCUT2D eigenvalue weighted by Crippen LogP contribution is 2.39. The largest absolute Gasteiger partial charge is 0.493 e. The molecule has 7 nitrogen and oxygen atoms in total. The fourth-order valence-corrected chi connectivity index (χ4v) is 2.43. The third kappa shape index (κ3) is 5.89. The molecule has 0 unspecified atom stereocenters. The molecule has 0 radical (unpaired) electrons. The van der Waals surface area contributed by atoms with Crippen LogP contribution in [0.5, 0.6) is 23.0 Å². The number of carbonyl (C=O) groups is 1. The number of para-hydroxylation sites is 1. The third-order valence-electron chi connectivity index (χ3n) is 3.52. The van der Waals surface area contributed by atoms with Crippen molar-refractivity contribution in [2.24, 2.45) is 0 Å². The maximum Gasteiger partial charge on any atom is 0.319 e. The van der Waals surface area contributed by atoms with Crippen LogP contribution in [-0.2, 0) is 0 Å². The summed E-state index contributed by atoms with van der Waals surface area (Å²) in [6.45, 7) is 0.321. The molecule has 0 spiro atoms. The normalized spacial score (nSPS) is 9.57. The second-order valence-electron chi connectivity index (χ2n) is 5.29. The topological polar surface area (TPSA) is 78.1 Å². The molecule has 0 aliphatic carbocycles. The summed E-state index contributed by atoms with van der Waals surface area (Å²) < 4.78 is 21.2. The van der Waals surface area contributed by atoms with E-state index in [1.54, 1.807) is 24.3 Å². The Kier molecular flexibility index (Phi) is 8.12. The summed E-state index contributed by atoms with van der Waals surface area (Å²) in [5.41, 5.74) is 0.488. The number of nitrogens with one attached hydrogen (secondary N) is 2.